The lowest BCUT2D eigenvalue weighted by Gasteiger charge is -2.19. The highest BCUT2D eigenvalue weighted by Crippen LogP contribution is 2.11. The van der Waals surface area contributed by atoms with Crippen molar-refractivity contribution in [2.75, 3.05) is 25.2 Å². The Labute approximate surface area is 77.9 Å². The summed E-state index contributed by atoms with van der Waals surface area (Å²) in [6.07, 6.45) is 1.03. The van der Waals surface area contributed by atoms with E-state index in [1.807, 2.05) is 11.9 Å². The number of likely N-dealkylation sites (N-methyl/N-ethyl adjacent to an activating group) is 1. The molecule has 1 aliphatic heterocycles. The van der Waals surface area contributed by atoms with E-state index in [1.165, 1.54) is 0 Å². The molecule has 1 fully saturated rings. The Morgan fingerprint density at radius 3 is 3.00 bits per heavy atom. The number of hydrogen-bond acceptors (Lipinski definition) is 3. The zero-order valence-electron chi connectivity index (χ0n) is 7.67. The van der Waals surface area contributed by atoms with Gasteiger partial charge < -0.3 is 4.90 Å². The third kappa shape index (κ3) is 2.38. The summed E-state index contributed by atoms with van der Waals surface area (Å²) in [5, 5.41) is 3.17. The number of carbonyl (C=O) groups is 1. The van der Waals surface area contributed by atoms with Gasteiger partial charge in [-0.1, -0.05) is 6.92 Å². The molecule has 3 nitrogen and oxygen atoms in total. The van der Waals surface area contributed by atoms with E-state index in [1.54, 1.807) is 11.8 Å². The van der Waals surface area contributed by atoms with Crippen LogP contribution in [0.1, 0.15) is 13.3 Å². The van der Waals surface area contributed by atoms with Gasteiger partial charge in [0, 0.05) is 25.2 Å². The van der Waals surface area contributed by atoms with Crippen molar-refractivity contribution in [3.63, 3.8) is 0 Å². The molecule has 1 saturated heterocycles. The van der Waals surface area contributed by atoms with Gasteiger partial charge in [-0.2, -0.15) is 0 Å². The average Bonchev–Trinajstić information content (AvgIpc) is 2.55. The number of nitrogens with one attached hydrogen (secondary N) is 1. The highest BCUT2D eigenvalue weighted by molar-refractivity contribution is 7.99. The Balaban J connectivity index is 2.34. The Hall–Kier alpha value is -0.220. The largest absolute Gasteiger partial charge is 0.344 e. The molecule has 1 amide bonds. The van der Waals surface area contributed by atoms with E-state index in [9.17, 15) is 4.79 Å². The molecular formula is C8H16N2OS. The van der Waals surface area contributed by atoms with Crippen LogP contribution in [-0.2, 0) is 4.79 Å². The molecule has 0 saturated carbocycles. The molecule has 0 aliphatic carbocycles. The monoisotopic (exact) mass is 188 g/mol. The first-order valence-electron chi connectivity index (χ1n) is 4.31. The smallest absolute Gasteiger partial charge is 0.240 e. The second kappa shape index (κ2) is 4.72. The van der Waals surface area contributed by atoms with Crippen molar-refractivity contribution >= 4 is 17.7 Å². The average molecular weight is 188 g/mol. The predicted molar refractivity (Wildman–Crippen MR) is 52.2 cm³/mol. The number of carbonyl (C=O) groups excluding carboxylic acids is 1. The van der Waals surface area contributed by atoms with Crippen LogP contribution in [0.2, 0.25) is 0 Å². The summed E-state index contributed by atoms with van der Waals surface area (Å²) in [7, 11) is 1.87. The molecule has 70 valence electrons. The number of thioether (sulfide) groups is 1. The van der Waals surface area contributed by atoms with E-state index < -0.39 is 0 Å². The first-order valence-corrected chi connectivity index (χ1v) is 5.47. The van der Waals surface area contributed by atoms with Crippen LogP contribution < -0.4 is 5.32 Å². The highest BCUT2D eigenvalue weighted by atomic mass is 32.2. The van der Waals surface area contributed by atoms with Crippen LogP contribution >= 0.6 is 11.8 Å². The first-order chi connectivity index (χ1) is 5.75. The fraction of sp³-hybridized carbons (Fsp3) is 0.875. The van der Waals surface area contributed by atoms with Gasteiger partial charge in [-0.05, 0) is 6.42 Å². The van der Waals surface area contributed by atoms with Gasteiger partial charge in [0.1, 0.15) is 0 Å². The molecule has 1 aliphatic rings. The zero-order chi connectivity index (χ0) is 8.97. The molecular weight excluding hydrogens is 172 g/mol. The van der Waals surface area contributed by atoms with Crippen molar-refractivity contribution in [2.24, 2.45) is 0 Å². The lowest BCUT2D eigenvalue weighted by atomic mass is 10.3. The Morgan fingerprint density at radius 2 is 2.50 bits per heavy atom. The van der Waals surface area contributed by atoms with E-state index in [0.29, 0.717) is 0 Å². The summed E-state index contributed by atoms with van der Waals surface area (Å²) in [6, 6.07) is 0.0616. The lowest BCUT2D eigenvalue weighted by molar-refractivity contribution is -0.131. The molecule has 1 heterocycles. The predicted octanol–water partition coefficient (Wildman–Crippen LogP) is 0.517. The van der Waals surface area contributed by atoms with Crippen LogP contribution in [0.25, 0.3) is 0 Å². The minimum Gasteiger partial charge on any atom is -0.344 e. The maximum atomic E-state index is 11.6. The van der Waals surface area contributed by atoms with Gasteiger partial charge >= 0.3 is 0 Å². The number of amides is 1. The third-order valence-electron chi connectivity index (χ3n) is 1.95. The van der Waals surface area contributed by atoms with Crippen molar-refractivity contribution in [3.8, 4) is 0 Å². The van der Waals surface area contributed by atoms with Crippen LogP contribution in [-0.4, -0.2) is 42.1 Å². The van der Waals surface area contributed by atoms with Crippen LogP contribution in [0.3, 0.4) is 0 Å². The van der Waals surface area contributed by atoms with Gasteiger partial charge in [-0.3, -0.25) is 10.1 Å². The SMILES string of the molecule is CCCN(C)C(=O)C1CSCN1. The van der Waals surface area contributed by atoms with E-state index >= 15 is 0 Å². The topological polar surface area (TPSA) is 32.3 Å². The van der Waals surface area contributed by atoms with Gasteiger partial charge in [-0.15, -0.1) is 11.8 Å². The molecule has 0 radical (unpaired) electrons. The Bertz CT molecular complexity index is 157. The number of rotatable bonds is 3. The second-order valence-corrected chi connectivity index (χ2v) is 4.06. The summed E-state index contributed by atoms with van der Waals surface area (Å²) in [4.78, 5) is 13.4. The van der Waals surface area contributed by atoms with Crippen LogP contribution in [0.5, 0.6) is 0 Å². The van der Waals surface area contributed by atoms with E-state index in [2.05, 4.69) is 12.2 Å². The van der Waals surface area contributed by atoms with Gasteiger partial charge in [-0.25, -0.2) is 0 Å². The number of nitrogens with zero attached hydrogens (tertiary/aromatic N) is 1. The Morgan fingerprint density at radius 1 is 1.75 bits per heavy atom. The molecule has 0 aromatic rings. The molecule has 4 heteroatoms. The van der Waals surface area contributed by atoms with Crippen molar-refractivity contribution in [2.45, 2.75) is 19.4 Å². The number of hydrogen-bond donors (Lipinski definition) is 1. The molecule has 1 unspecified atom stereocenters. The van der Waals surface area contributed by atoms with E-state index in [-0.39, 0.29) is 11.9 Å². The van der Waals surface area contributed by atoms with Gasteiger partial charge in [0.2, 0.25) is 5.91 Å². The minimum atomic E-state index is 0.0616. The van der Waals surface area contributed by atoms with Gasteiger partial charge in [0.25, 0.3) is 0 Å². The van der Waals surface area contributed by atoms with Gasteiger partial charge in [0.05, 0.1) is 6.04 Å². The van der Waals surface area contributed by atoms with Crippen molar-refractivity contribution in [1.29, 1.82) is 0 Å². The van der Waals surface area contributed by atoms with E-state index in [0.717, 1.165) is 24.6 Å². The van der Waals surface area contributed by atoms with Crippen LogP contribution in [0, 0.1) is 0 Å². The van der Waals surface area contributed by atoms with Crippen molar-refractivity contribution in [1.82, 2.24) is 10.2 Å². The molecule has 1 N–H and O–H groups in total. The van der Waals surface area contributed by atoms with Crippen LogP contribution in [0.15, 0.2) is 0 Å². The quantitative estimate of drug-likeness (QED) is 0.700. The normalized spacial score (nSPS) is 22.7. The molecule has 0 spiro atoms. The zero-order valence-corrected chi connectivity index (χ0v) is 8.49. The molecule has 0 aromatic carbocycles. The van der Waals surface area contributed by atoms with Gasteiger partial charge in [0.15, 0.2) is 0 Å². The summed E-state index contributed by atoms with van der Waals surface area (Å²) < 4.78 is 0. The minimum absolute atomic E-state index is 0.0616. The molecule has 0 bridgehead atoms. The maximum absolute atomic E-state index is 11.6. The molecule has 0 aromatic heterocycles. The van der Waals surface area contributed by atoms with Crippen LogP contribution in [0.4, 0.5) is 0 Å². The third-order valence-corrected chi connectivity index (χ3v) is 2.89. The summed E-state index contributed by atoms with van der Waals surface area (Å²) in [6.45, 7) is 2.95. The summed E-state index contributed by atoms with van der Waals surface area (Å²) in [5.41, 5.74) is 0. The van der Waals surface area contributed by atoms with Crippen molar-refractivity contribution in [3.05, 3.63) is 0 Å². The fourth-order valence-electron chi connectivity index (χ4n) is 1.27. The standard InChI is InChI=1S/C8H16N2OS/c1-3-4-10(2)8(11)7-5-12-6-9-7/h7,9H,3-6H2,1-2H3. The lowest BCUT2D eigenvalue weighted by Crippen LogP contribution is -2.43. The Kier molecular flexibility index (Phi) is 3.88. The summed E-state index contributed by atoms with van der Waals surface area (Å²) in [5.74, 6) is 2.07. The molecule has 1 rings (SSSR count). The first kappa shape index (κ1) is 9.86. The fourth-order valence-corrected chi connectivity index (χ4v) is 2.20. The van der Waals surface area contributed by atoms with Crippen molar-refractivity contribution < 1.29 is 4.79 Å². The summed E-state index contributed by atoms with van der Waals surface area (Å²) >= 11 is 1.79. The van der Waals surface area contributed by atoms with E-state index in [4.69, 9.17) is 0 Å². The molecule has 12 heavy (non-hydrogen) atoms. The maximum Gasteiger partial charge on any atom is 0.240 e. The highest BCUT2D eigenvalue weighted by Gasteiger charge is 2.24. The second-order valence-electron chi connectivity index (χ2n) is 3.03. The molecule has 1 atom stereocenters.